The number of hydrogen-bond donors (Lipinski definition) is 2. The Morgan fingerprint density at radius 2 is 2.00 bits per heavy atom. The third-order valence-corrected chi connectivity index (χ3v) is 4.78. The number of carboxylic acids is 1. The summed E-state index contributed by atoms with van der Waals surface area (Å²) in [4.78, 5) is 37.4. The molecule has 1 saturated heterocycles. The summed E-state index contributed by atoms with van der Waals surface area (Å²) in [5, 5.41) is 11.8. The standard InChI is InChI=1S/C18H22N2O5/c1-25-14-6-2-11(3-7-14)9-20-10-13(8-15(20)21)17(22)19-16(18(23)24)12-4-5-12/h2-3,6-7,12-13,16H,4-5,8-10H2,1H3,(H,19,22)(H,23,24). The van der Waals surface area contributed by atoms with Crippen LogP contribution in [-0.2, 0) is 20.9 Å². The van der Waals surface area contributed by atoms with Crippen molar-refractivity contribution in [3.8, 4) is 5.75 Å². The van der Waals surface area contributed by atoms with Gasteiger partial charge in [-0.3, -0.25) is 9.59 Å². The number of amides is 2. The molecule has 1 heterocycles. The van der Waals surface area contributed by atoms with E-state index in [9.17, 15) is 19.5 Å². The molecular formula is C18H22N2O5. The normalized spacial score (nSPS) is 21.1. The average molecular weight is 346 g/mol. The fraction of sp³-hybridized carbons (Fsp3) is 0.500. The van der Waals surface area contributed by atoms with Gasteiger partial charge in [0.15, 0.2) is 0 Å². The molecule has 7 heteroatoms. The molecule has 1 aromatic rings. The highest BCUT2D eigenvalue weighted by Gasteiger charge is 2.40. The highest BCUT2D eigenvalue weighted by molar-refractivity contribution is 5.91. The molecule has 2 N–H and O–H groups in total. The lowest BCUT2D eigenvalue weighted by atomic mass is 10.1. The summed E-state index contributed by atoms with van der Waals surface area (Å²) in [6, 6.07) is 6.58. The number of benzene rings is 1. The van der Waals surface area contributed by atoms with Crippen LogP contribution in [0.1, 0.15) is 24.8 Å². The Morgan fingerprint density at radius 1 is 1.32 bits per heavy atom. The van der Waals surface area contributed by atoms with Crippen LogP contribution in [-0.4, -0.2) is 47.5 Å². The van der Waals surface area contributed by atoms with Crippen molar-refractivity contribution in [2.75, 3.05) is 13.7 Å². The molecule has 3 rings (SSSR count). The molecule has 25 heavy (non-hydrogen) atoms. The molecule has 0 radical (unpaired) electrons. The molecule has 7 nitrogen and oxygen atoms in total. The summed E-state index contributed by atoms with van der Waals surface area (Å²) in [6.45, 7) is 0.741. The molecular weight excluding hydrogens is 324 g/mol. The largest absolute Gasteiger partial charge is 0.497 e. The molecule has 1 saturated carbocycles. The molecule has 2 atom stereocenters. The summed E-state index contributed by atoms with van der Waals surface area (Å²) in [5.74, 6) is -1.16. The second-order valence-corrected chi connectivity index (χ2v) is 6.69. The summed E-state index contributed by atoms with van der Waals surface area (Å²) in [6.07, 6.45) is 1.77. The minimum Gasteiger partial charge on any atom is -0.497 e. The number of aliphatic carboxylic acids is 1. The van der Waals surface area contributed by atoms with Gasteiger partial charge in [-0.1, -0.05) is 12.1 Å². The van der Waals surface area contributed by atoms with Crippen LogP contribution in [0.4, 0.5) is 0 Å². The molecule has 2 fully saturated rings. The molecule has 2 aliphatic rings. The maximum Gasteiger partial charge on any atom is 0.326 e. The van der Waals surface area contributed by atoms with Gasteiger partial charge in [-0.25, -0.2) is 4.79 Å². The van der Waals surface area contributed by atoms with Gasteiger partial charge < -0.3 is 20.1 Å². The van der Waals surface area contributed by atoms with Crippen LogP contribution in [0.25, 0.3) is 0 Å². The van der Waals surface area contributed by atoms with Crippen molar-refractivity contribution in [1.82, 2.24) is 10.2 Å². The minimum absolute atomic E-state index is 0.0222. The third kappa shape index (κ3) is 4.10. The van der Waals surface area contributed by atoms with Crippen LogP contribution in [0.2, 0.25) is 0 Å². The molecule has 2 unspecified atom stereocenters. The molecule has 0 bridgehead atoms. The quantitative estimate of drug-likeness (QED) is 0.769. The predicted molar refractivity (Wildman–Crippen MR) is 88.8 cm³/mol. The van der Waals surface area contributed by atoms with Crippen LogP contribution < -0.4 is 10.1 Å². The van der Waals surface area contributed by atoms with E-state index in [1.807, 2.05) is 24.3 Å². The van der Waals surface area contributed by atoms with E-state index in [0.717, 1.165) is 24.2 Å². The zero-order valence-corrected chi connectivity index (χ0v) is 14.1. The van der Waals surface area contributed by atoms with Gasteiger partial charge in [0.05, 0.1) is 13.0 Å². The highest BCUT2D eigenvalue weighted by atomic mass is 16.5. The first-order chi connectivity index (χ1) is 12.0. The number of hydrogen-bond acceptors (Lipinski definition) is 4. The van der Waals surface area contributed by atoms with Crippen LogP contribution in [0.5, 0.6) is 5.75 Å². The summed E-state index contributed by atoms with van der Waals surface area (Å²) >= 11 is 0. The Hall–Kier alpha value is -2.57. The van der Waals surface area contributed by atoms with Crippen LogP contribution >= 0.6 is 0 Å². The molecule has 0 spiro atoms. The fourth-order valence-electron chi connectivity index (χ4n) is 3.13. The molecule has 2 amide bonds. The number of carbonyl (C=O) groups excluding carboxylic acids is 2. The predicted octanol–water partition coefficient (Wildman–Crippen LogP) is 1.02. The minimum atomic E-state index is -1.00. The zero-order valence-electron chi connectivity index (χ0n) is 14.1. The topological polar surface area (TPSA) is 95.9 Å². The number of nitrogens with one attached hydrogen (secondary N) is 1. The van der Waals surface area contributed by atoms with Crippen molar-refractivity contribution >= 4 is 17.8 Å². The average Bonchev–Trinajstić information content (AvgIpc) is 3.37. The van der Waals surface area contributed by atoms with Crippen molar-refractivity contribution in [3.05, 3.63) is 29.8 Å². The van der Waals surface area contributed by atoms with Crippen molar-refractivity contribution in [2.24, 2.45) is 11.8 Å². The van der Waals surface area contributed by atoms with Crippen molar-refractivity contribution < 1.29 is 24.2 Å². The van der Waals surface area contributed by atoms with Gasteiger partial charge >= 0.3 is 5.97 Å². The monoisotopic (exact) mass is 346 g/mol. The van der Waals surface area contributed by atoms with E-state index in [-0.39, 0.29) is 24.2 Å². The Bertz CT molecular complexity index is 669. The Balaban J connectivity index is 1.57. The lowest BCUT2D eigenvalue weighted by molar-refractivity contribution is -0.143. The maximum absolute atomic E-state index is 12.3. The van der Waals surface area contributed by atoms with Crippen molar-refractivity contribution in [1.29, 1.82) is 0 Å². The SMILES string of the molecule is COc1ccc(CN2CC(C(=O)NC(C(=O)O)C3CC3)CC2=O)cc1. The molecule has 1 aliphatic carbocycles. The van der Waals surface area contributed by atoms with Gasteiger partial charge in [-0.15, -0.1) is 0 Å². The van der Waals surface area contributed by atoms with E-state index >= 15 is 0 Å². The van der Waals surface area contributed by atoms with E-state index < -0.39 is 17.9 Å². The summed E-state index contributed by atoms with van der Waals surface area (Å²) in [5.41, 5.74) is 0.955. The Morgan fingerprint density at radius 3 is 2.56 bits per heavy atom. The van der Waals surface area contributed by atoms with E-state index in [4.69, 9.17) is 4.74 Å². The first kappa shape index (κ1) is 17.3. The number of carbonyl (C=O) groups is 3. The number of rotatable bonds is 7. The molecule has 1 aromatic carbocycles. The lowest BCUT2D eigenvalue weighted by Crippen LogP contribution is -2.45. The molecule has 0 aromatic heterocycles. The van der Waals surface area contributed by atoms with E-state index in [1.54, 1.807) is 12.0 Å². The highest BCUT2D eigenvalue weighted by Crippen LogP contribution is 2.33. The number of ether oxygens (including phenoxy) is 1. The number of nitrogens with zero attached hydrogens (tertiary/aromatic N) is 1. The smallest absolute Gasteiger partial charge is 0.326 e. The van der Waals surface area contributed by atoms with Gasteiger partial charge in [-0.2, -0.15) is 0 Å². The van der Waals surface area contributed by atoms with E-state index in [0.29, 0.717) is 13.1 Å². The summed E-state index contributed by atoms with van der Waals surface area (Å²) in [7, 11) is 1.59. The third-order valence-electron chi connectivity index (χ3n) is 4.78. The fourth-order valence-corrected chi connectivity index (χ4v) is 3.13. The maximum atomic E-state index is 12.3. The lowest BCUT2D eigenvalue weighted by Gasteiger charge is -2.18. The van der Waals surface area contributed by atoms with Crippen LogP contribution in [0.15, 0.2) is 24.3 Å². The molecule has 1 aliphatic heterocycles. The van der Waals surface area contributed by atoms with E-state index in [2.05, 4.69) is 5.32 Å². The number of likely N-dealkylation sites (tertiary alicyclic amines) is 1. The first-order valence-corrected chi connectivity index (χ1v) is 8.42. The number of carboxylic acid groups (broad SMARTS) is 1. The first-order valence-electron chi connectivity index (χ1n) is 8.42. The van der Waals surface area contributed by atoms with Crippen molar-refractivity contribution in [2.45, 2.75) is 31.8 Å². The second-order valence-electron chi connectivity index (χ2n) is 6.69. The van der Waals surface area contributed by atoms with Crippen molar-refractivity contribution in [3.63, 3.8) is 0 Å². The molecule has 134 valence electrons. The zero-order chi connectivity index (χ0) is 18.0. The Labute approximate surface area is 146 Å². The van der Waals surface area contributed by atoms with Crippen LogP contribution in [0.3, 0.4) is 0 Å². The Kier molecular flexibility index (Phi) is 4.92. The van der Waals surface area contributed by atoms with Gasteiger partial charge in [-0.05, 0) is 36.5 Å². The second kappa shape index (κ2) is 7.13. The van der Waals surface area contributed by atoms with Gasteiger partial charge in [0.25, 0.3) is 0 Å². The van der Waals surface area contributed by atoms with Gasteiger partial charge in [0, 0.05) is 19.5 Å². The van der Waals surface area contributed by atoms with Gasteiger partial charge in [0.1, 0.15) is 11.8 Å². The van der Waals surface area contributed by atoms with Crippen LogP contribution in [0, 0.1) is 11.8 Å². The number of methoxy groups -OCH3 is 1. The summed E-state index contributed by atoms with van der Waals surface area (Å²) < 4.78 is 5.11. The van der Waals surface area contributed by atoms with Gasteiger partial charge in [0.2, 0.25) is 11.8 Å². The van der Waals surface area contributed by atoms with E-state index in [1.165, 1.54) is 0 Å².